The maximum absolute atomic E-state index is 13.1. The van der Waals surface area contributed by atoms with Crippen LogP contribution in [-0.4, -0.2) is 75.5 Å². The number of hydrogen-bond donors (Lipinski definition) is 1. The molecule has 0 unspecified atom stereocenters. The summed E-state index contributed by atoms with van der Waals surface area (Å²) in [5.41, 5.74) is 1.32. The minimum Gasteiger partial charge on any atom is -0.452 e. The van der Waals surface area contributed by atoms with Gasteiger partial charge in [0.2, 0.25) is 10.0 Å². The van der Waals surface area contributed by atoms with Crippen LogP contribution in [-0.2, 0) is 26.0 Å². The Morgan fingerprint density at radius 1 is 1.18 bits per heavy atom. The predicted molar refractivity (Wildman–Crippen MR) is 141 cm³/mol. The van der Waals surface area contributed by atoms with Crippen LogP contribution in [0.5, 0.6) is 5.75 Å². The van der Waals surface area contributed by atoms with Gasteiger partial charge in [0.1, 0.15) is 17.1 Å². The lowest BCUT2D eigenvalue weighted by Crippen LogP contribution is -2.50. The van der Waals surface area contributed by atoms with Crippen molar-refractivity contribution >= 4 is 33.5 Å². The summed E-state index contributed by atoms with van der Waals surface area (Å²) in [4.78, 5) is 30.4. The molecule has 0 aromatic heterocycles. The minimum atomic E-state index is -4.86. The number of aliphatic imine (C=N–C) groups is 1. The Morgan fingerprint density at radius 3 is 2.50 bits per heavy atom. The van der Waals surface area contributed by atoms with Gasteiger partial charge in [-0.1, -0.05) is 18.2 Å². The first-order valence-electron chi connectivity index (χ1n) is 12.4. The molecule has 0 atom stereocenters. The molecule has 2 aliphatic rings. The van der Waals surface area contributed by atoms with Crippen LogP contribution in [0, 0.1) is 6.92 Å². The molecule has 0 aliphatic carbocycles. The number of ether oxygens (including phenoxy) is 2. The van der Waals surface area contributed by atoms with Crippen LogP contribution >= 0.6 is 0 Å². The number of benzene rings is 2. The van der Waals surface area contributed by atoms with Crippen LogP contribution in [0.2, 0.25) is 0 Å². The number of carbonyl (C=O) groups excluding carboxylic acids is 2. The first-order chi connectivity index (χ1) is 18.7. The lowest BCUT2D eigenvalue weighted by Gasteiger charge is -2.34. The van der Waals surface area contributed by atoms with Crippen molar-refractivity contribution in [1.82, 2.24) is 9.62 Å². The maximum Gasteiger partial charge on any atom is 0.573 e. The summed E-state index contributed by atoms with van der Waals surface area (Å²) in [5, 5.41) is 2.62. The molecule has 2 aromatic carbocycles. The van der Waals surface area contributed by atoms with E-state index in [0.717, 1.165) is 23.3 Å². The predicted octanol–water partition coefficient (Wildman–Crippen LogP) is 3.38. The van der Waals surface area contributed by atoms with E-state index >= 15 is 0 Å². The zero-order chi connectivity index (χ0) is 29.3. The molecule has 4 rings (SSSR count). The third kappa shape index (κ3) is 6.39. The Balaban J connectivity index is 1.40. The summed E-state index contributed by atoms with van der Waals surface area (Å²) >= 11 is 0. The van der Waals surface area contributed by atoms with Gasteiger partial charge in [0.15, 0.2) is 0 Å². The SMILES string of the molecule is COC(=O)N(C)c1ccc(CCS(=O)(=O)N2CCC3(CC2)N=C(c2cccc(OC(F)(F)F)c2)NC3=O)c(C)c1. The number of sulfonamides is 1. The van der Waals surface area contributed by atoms with Crippen molar-refractivity contribution in [3.8, 4) is 5.75 Å². The van der Waals surface area contributed by atoms with Crippen molar-refractivity contribution < 1.29 is 40.7 Å². The van der Waals surface area contributed by atoms with Gasteiger partial charge < -0.3 is 14.8 Å². The van der Waals surface area contributed by atoms with E-state index in [1.165, 1.54) is 28.4 Å². The molecule has 40 heavy (non-hydrogen) atoms. The van der Waals surface area contributed by atoms with E-state index in [2.05, 4.69) is 15.0 Å². The number of halogens is 3. The highest BCUT2D eigenvalue weighted by Gasteiger charge is 2.47. The molecular formula is C26H29F3N4O6S. The number of nitrogens with one attached hydrogen (secondary N) is 1. The second kappa shape index (κ2) is 11.1. The van der Waals surface area contributed by atoms with Gasteiger partial charge in [-0.05, 0) is 61.6 Å². The van der Waals surface area contributed by atoms with Crippen LogP contribution in [0.15, 0.2) is 47.5 Å². The highest BCUT2D eigenvalue weighted by Crippen LogP contribution is 2.33. The normalized spacial score (nSPS) is 17.4. The van der Waals surface area contributed by atoms with Gasteiger partial charge in [0.25, 0.3) is 5.91 Å². The van der Waals surface area contributed by atoms with E-state index in [1.807, 2.05) is 6.92 Å². The number of amidine groups is 1. The molecule has 1 spiro atoms. The van der Waals surface area contributed by atoms with Crippen molar-refractivity contribution in [2.24, 2.45) is 4.99 Å². The fourth-order valence-corrected chi connectivity index (χ4v) is 6.22. The van der Waals surface area contributed by atoms with Gasteiger partial charge in [0.05, 0.1) is 12.9 Å². The van der Waals surface area contributed by atoms with E-state index in [-0.39, 0.29) is 49.5 Å². The Morgan fingerprint density at radius 2 is 1.88 bits per heavy atom. The number of rotatable bonds is 7. The van der Waals surface area contributed by atoms with Crippen LogP contribution in [0.25, 0.3) is 0 Å². The molecule has 2 aliphatic heterocycles. The van der Waals surface area contributed by atoms with Crippen molar-refractivity contribution in [3.05, 3.63) is 59.2 Å². The number of hydrogen-bond acceptors (Lipinski definition) is 7. The molecule has 0 radical (unpaired) electrons. The third-order valence-electron chi connectivity index (χ3n) is 7.06. The monoisotopic (exact) mass is 582 g/mol. The molecule has 2 amide bonds. The Bertz CT molecular complexity index is 1440. The summed E-state index contributed by atoms with van der Waals surface area (Å²) < 4.78 is 74.0. The molecule has 0 bridgehead atoms. The van der Waals surface area contributed by atoms with Crippen LogP contribution in [0.3, 0.4) is 0 Å². The Kier molecular flexibility index (Phi) is 8.13. The van der Waals surface area contributed by atoms with Crippen molar-refractivity contribution in [2.75, 3.05) is 37.9 Å². The number of aryl methyl sites for hydroxylation is 2. The highest BCUT2D eigenvalue weighted by atomic mass is 32.2. The summed E-state index contributed by atoms with van der Waals surface area (Å²) in [6.45, 7) is 1.98. The van der Waals surface area contributed by atoms with Crippen molar-refractivity contribution in [1.29, 1.82) is 0 Å². The average Bonchev–Trinajstić information content (AvgIpc) is 3.21. The molecule has 1 saturated heterocycles. The second-order valence-corrected chi connectivity index (χ2v) is 11.7. The topological polar surface area (TPSA) is 118 Å². The van der Waals surface area contributed by atoms with Gasteiger partial charge in [-0.3, -0.25) is 14.7 Å². The van der Waals surface area contributed by atoms with Crippen LogP contribution < -0.4 is 15.0 Å². The number of nitrogens with zero attached hydrogens (tertiary/aromatic N) is 3. The molecule has 0 saturated carbocycles. The lowest BCUT2D eigenvalue weighted by molar-refractivity contribution is -0.274. The quantitative estimate of drug-likeness (QED) is 0.535. The molecule has 2 aromatic rings. The fraction of sp³-hybridized carbons (Fsp3) is 0.423. The molecule has 10 nitrogen and oxygen atoms in total. The number of carbonyl (C=O) groups is 2. The zero-order valence-corrected chi connectivity index (χ0v) is 22.9. The van der Waals surface area contributed by atoms with Crippen molar-refractivity contribution in [2.45, 2.75) is 38.1 Å². The van der Waals surface area contributed by atoms with E-state index in [0.29, 0.717) is 5.69 Å². The number of amides is 2. The smallest absolute Gasteiger partial charge is 0.452 e. The lowest BCUT2D eigenvalue weighted by atomic mass is 9.89. The van der Waals surface area contributed by atoms with Gasteiger partial charge in [-0.15, -0.1) is 13.2 Å². The fourth-order valence-electron chi connectivity index (χ4n) is 4.75. The van der Waals surface area contributed by atoms with Gasteiger partial charge in [-0.2, -0.15) is 0 Å². The summed E-state index contributed by atoms with van der Waals surface area (Å²) in [6, 6.07) is 10.4. The highest BCUT2D eigenvalue weighted by molar-refractivity contribution is 7.89. The van der Waals surface area contributed by atoms with Gasteiger partial charge in [-0.25, -0.2) is 17.5 Å². The van der Waals surface area contributed by atoms with Gasteiger partial charge in [0, 0.05) is 31.4 Å². The molecule has 14 heteroatoms. The van der Waals surface area contributed by atoms with Gasteiger partial charge >= 0.3 is 12.5 Å². The number of anilines is 1. The largest absolute Gasteiger partial charge is 0.573 e. The summed E-state index contributed by atoms with van der Waals surface area (Å²) in [6.07, 6.45) is -4.85. The maximum atomic E-state index is 13.1. The Labute approximate surface area is 229 Å². The molecule has 2 heterocycles. The Hall–Kier alpha value is -3.65. The molecule has 1 N–H and O–H groups in total. The number of alkyl halides is 3. The number of piperidine rings is 1. The first kappa shape index (κ1) is 29.3. The van der Waals surface area contributed by atoms with Crippen molar-refractivity contribution in [3.63, 3.8) is 0 Å². The van der Waals surface area contributed by atoms with E-state index in [4.69, 9.17) is 4.74 Å². The summed E-state index contributed by atoms with van der Waals surface area (Å²) in [7, 11) is -0.789. The minimum absolute atomic E-state index is 0.0750. The van der Waals surface area contributed by atoms with E-state index < -0.39 is 39.7 Å². The van der Waals surface area contributed by atoms with E-state index in [9.17, 15) is 31.2 Å². The number of methoxy groups -OCH3 is 1. The van der Waals surface area contributed by atoms with E-state index in [1.54, 1.807) is 25.2 Å². The third-order valence-corrected chi connectivity index (χ3v) is 8.93. The molecule has 216 valence electrons. The first-order valence-corrected chi connectivity index (χ1v) is 14.0. The average molecular weight is 583 g/mol. The summed E-state index contributed by atoms with van der Waals surface area (Å²) in [5.74, 6) is -0.885. The van der Waals surface area contributed by atoms with Crippen LogP contribution in [0.4, 0.5) is 23.7 Å². The second-order valence-electron chi connectivity index (χ2n) is 9.63. The zero-order valence-electron chi connectivity index (χ0n) is 22.1. The standard InChI is InChI=1S/C26H29F3N4O6S/c1-17-15-20(32(2)24(35)38-3)8-7-18(17)9-14-40(36,37)33-12-10-25(11-13-33)23(34)30-22(31-25)19-5-4-6-21(16-19)39-26(27,28)29/h4-8,15-16H,9-14H2,1-3H3,(H,30,31,34). The molecular weight excluding hydrogens is 553 g/mol. The molecule has 1 fully saturated rings. The van der Waals surface area contributed by atoms with Crippen LogP contribution in [0.1, 0.15) is 29.5 Å².